The first-order chi connectivity index (χ1) is 14.7. The van der Waals surface area contributed by atoms with Gasteiger partial charge in [-0.2, -0.15) is 0 Å². The highest BCUT2D eigenvalue weighted by Crippen LogP contribution is 2.46. The molecule has 156 valence electrons. The predicted octanol–water partition coefficient (Wildman–Crippen LogP) is 10.2. The van der Waals surface area contributed by atoms with Crippen LogP contribution in [0.15, 0.2) is 54.6 Å². The van der Waals surface area contributed by atoms with Gasteiger partial charge < -0.3 is 0 Å². The molecule has 0 amide bonds. The summed E-state index contributed by atoms with van der Waals surface area (Å²) in [6.07, 6.45) is 7.43. The molecule has 3 heterocycles. The number of benzene rings is 1. The predicted molar refractivity (Wildman–Crippen MR) is 139 cm³/mol. The molecule has 0 spiro atoms. The van der Waals surface area contributed by atoms with E-state index in [4.69, 9.17) is 11.6 Å². The number of hydrogen-bond acceptors (Lipinski definition) is 3. The number of thiophene rings is 3. The Kier molecular flexibility index (Phi) is 7.48. The Labute approximate surface area is 197 Å². The third-order valence-corrected chi connectivity index (χ3v) is 9.30. The molecule has 1 aromatic carbocycles. The zero-order chi connectivity index (χ0) is 20.9. The first kappa shape index (κ1) is 21.8. The summed E-state index contributed by atoms with van der Waals surface area (Å²) in [7, 11) is 0. The second kappa shape index (κ2) is 10.3. The summed E-state index contributed by atoms with van der Waals surface area (Å²) in [5.41, 5.74) is 4.04. The lowest BCUT2D eigenvalue weighted by atomic mass is 10.0. The highest BCUT2D eigenvalue weighted by molar-refractivity contribution is 7.27. The van der Waals surface area contributed by atoms with Crippen LogP contribution >= 0.6 is 45.6 Å². The van der Waals surface area contributed by atoms with E-state index in [2.05, 4.69) is 68.4 Å². The van der Waals surface area contributed by atoms with Crippen LogP contribution in [0.5, 0.6) is 0 Å². The van der Waals surface area contributed by atoms with Crippen molar-refractivity contribution in [3.8, 4) is 30.6 Å². The van der Waals surface area contributed by atoms with Gasteiger partial charge >= 0.3 is 0 Å². The molecule has 0 atom stereocenters. The average Bonchev–Trinajstić information content (AvgIpc) is 3.49. The maximum Gasteiger partial charge on any atom is 0.0938 e. The van der Waals surface area contributed by atoms with Crippen LogP contribution in [0, 0.1) is 0 Å². The van der Waals surface area contributed by atoms with Gasteiger partial charge in [-0.3, -0.25) is 0 Å². The lowest BCUT2D eigenvalue weighted by Gasteiger charge is -2.02. The fourth-order valence-corrected chi connectivity index (χ4v) is 7.59. The van der Waals surface area contributed by atoms with Crippen LogP contribution in [0.1, 0.15) is 50.0 Å². The summed E-state index contributed by atoms with van der Waals surface area (Å²) in [6, 6.07) is 20.0. The minimum absolute atomic E-state index is 0.882. The molecule has 0 aliphatic carbocycles. The molecule has 0 fully saturated rings. The molecule has 0 saturated heterocycles. The molecule has 0 aliphatic rings. The molecular formula is C26H27ClS3. The lowest BCUT2D eigenvalue weighted by molar-refractivity contribution is 0.670. The van der Waals surface area contributed by atoms with Crippen LogP contribution in [0.25, 0.3) is 30.6 Å². The van der Waals surface area contributed by atoms with E-state index in [-0.39, 0.29) is 0 Å². The largest absolute Gasteiger partial charge is 0.139 e. The molecule has 4 heteroatoms. The van der Waals surface area contributed by atoms with Crippen molar-refractivity contribution in [3.63, 3.8) is 0 Å². The molecule has 30 heavy (non-hydrogen) atoms. The summed E-state index contributed by atoms with van der Waals surface area (Å²) in [5, 5.41) is 0. The van der Waals surface area contributed by atoms with Gasteiger partial charge in [0, 0.05) is 25.1 Å². The lowest BCUT2D eigenvalue weighted by Crippen LogP contribution is -1.81. The van der Waals surface area contributed by atoms with Gasteiger partial charge in [-0.15, -0.1) is 34.0 Å². The fraction of sp³-hybridized carbons (Fsp3) is 0.308. The van der Waals surface area contributed by atoms with Crippen LogP contribution < -0.4 is 0 Å². The molecule has 3 aromatic heterocycles. The van der Waals surface area contributed by atoms with Crippen LogP contribution in [-0.4, -0.2) is 0 Å². The molecular weight excluding hydrogens is 444 g/mol. The first-order valence-electron chi connectivity index (χ1n) is 10.8. The van der Waals surface area contributed by atoms with Crippen LogP contribution in [0.3, 0.4) is 0 Å². The van der Waals surface area contributed by atoms with Gasteiger partial charge in [-0.05, 0) is 54.7 Å². The van der Waals surface area contributed by atoms with Crippen molar-refractivity contribution in [2.45, 2.75) is 52.4 Å². The van der Waals surface area contributed by atoms with Gasteiger partial charge in [0.25, 0.3) is 0 Å². The Morgan fingerprint density at radius 2 is 1.53 bits per heavy atom. The molecule has 0 nitrogen and oxygen atoms in total. The van der Waals surface area contributed by atoms with E-state index in [1.54, 1.807) is 11.3 Å². The van der Waals surface area contributed by atoms with Gasteiger partial charge in [0.05, 0.1) is 9.21 Å². The molecule has 0 bridgehead atoms. The Hall–Kier alpha value is -1.39. The topological polar surface area (TPSA) is 0 Å². The zero-order valence-corrected chi connectivity index (χ0v) is 20.7. The van der Waals surface area contributed by atoms with E-state index in [0.717, 1.165) is 10.8 Å². The van der Waals surface area contributed by atoms with Crippen molar-refractivity contribution in [3.05, 3.63) is 69.4 Å². The van der Waals surface area contributed by atoms with Gasteiger partial charge in [0.2, 0.25) is 0 Å². The zero-order valence-electron chi connectivity index (χ0n) is 17.5. The van der Waals surface area contributed by atoms with Crippen molar-refractivity contribution in [1.29, 1.82) is 0 Å². The third kappa shape index (κ3) is 4.91. The summed E-state index contributed by atoms with van der Waals surface area (Å²) < 4.78 is 0.882. The summed E-state index contributed by atoms with van der Waals surface area (Å²) >= 11 is 11.9. The smallest absolute Gasteiger partial charge is 0.0938 e. The Balaban J connectivity index is 1.69. The third-order valence-electron chi connectivity index (χ3n) is 5.36. The van der Waals surface area contributed by atoms with E-state index < -0.39 is 0 Å². The maximum atomic E-state index is 6.32. The number of unbranched alkanes of at least 4 members (excludes halogenated alkanes) is 3. The maximum absolute atomic E-state index is 6.32. The number of rotatable bonds is 9. The van der Waals surface area contributed by atoms with Crippen molar-refractivity contribution in [2.24, 2.45) is 0 Å². The Morgan fingerprint density at radius 3 is 2.27 bits per heavy atom. The molecule has 4 rings (SSSR count). The SMILES string of the molecule is CCCCCCc1cc(-c2ccccc2)c(-c2ccc(-c3sc(Cl)cc3CC)s2)s1. The average molecular weight is 471 g/mol. The van der Waals surface area contributed by atoms with Crippen molar-refractivity contribution in [2.75, 3.05) is 0 Å². The van der Waals surface area contributed by atoms with Crippen molar-refractivity contribution >= 4 is 45.6 Å². The fourth-order valence-electron chi connectivity index (χ4n) is 3.75. The Bertz CT molecular complexity index is 1080. The summed E-state index contributed by atoms with van der Waals surface area (Å²) in [4.78, 5) is 6.93. The monoisotopic (exact) mass is 470 g/mol. The van der Waals surface area contributed by atoms with E-state index in [0.29, 0.717) is 0 Å². The number of aryl methyl sites for hydroxylation is 2. The van der Waals surface area contributed by atoms with Crippen LogP contribution in [0.4, 0.5) is 0 Å². The van der Waals surface area contributed by atoms with E-state index >= 15 is 0 Å². The summed E-state index contributed by atoms with van der Waals surface area (Å²) in [6.45, 7) is 4.48. The highest BCUT2D eigenvalue weighted by atomic mass is 35.5. The van der Waals surface area contributed by atoms with Gasteiger partial charge in [-0.1, -0.05) is 75.0 Å². The van der Waals surface area contributed by atoms with Crippen molar-refractivity contribution < 1.29 is 0 Å². The van der Waals surface area contributed by atoms with E-state index in [1.165, 1.54) is 73.2 Å². The summed E-state index contributed by atoms with van der Waals surface area (Å²) in [5.74, 6) is 0. The molecule has 4 aromatic rings. The number of halogens is 1. The second-order valence-corrected chi connectivity index (χ2v) is 11.5. The normalized spacial score (nSPS) is 11.3. The molecule has 0 saturated carbocycles. The highest BCUT2D eigenvalue weighted by Gasteiger charge is 2.17. The molecule has 0 unspecified atom stereocenters. The molecule has 0 aliphatic heterocycles. The number of hydrogen-bond donors (Lipinski definition) is 0. The van der Waals surface area contributed by atoms with Crippen LogP contribution in [0.2, 0.25) is 4.34 Å². The van der Waals surface area contributed by atoms with E-state index in [9.17, 15) is 0 Å². The van der Waals surface area contributed by atoms with Gasteiger partial charge in [-0.25, -0.2) is 0 Å². The standard InChI is InChI=1S/C26H27ClS3/c1-3-5-6-10-13-20-17-21(19-11-8-7-9-12-19)26(28-20)23-15-14-22(29-23)25-18(4-2)16-24(27)30-25/h7-9,11-12,14-17H,3-6,10,13H2,1-2H3. The Morgan fingerprint density at radius 1 is 0.767 bits per heavy atom. The first-order valence-corrected chi connectivity index (χ1v) is 13.6. The van der Waals surface area contributed by atoms with Crippen LogP contribution in [-0.2, 0) is 12.8 Å². The van der Waals surface area contributed by atoms with E-state index in [1.807, 2.05) is 22.7 Å². The molecule has 0 N–H and O–H groups in total. The molecule has 0 radical (unpaired) electrons. The minimum atomic E-state index is 0.882. The van der Waals surface area contributed by atoms with Gasteiger partial charge in [0.15, 0.2) is 0 Å². The second-order valence-electron chi connectivity index (χ2n) is 7.55. The minimum Gasteiger partial charge on any atom is -0.139 e. The van der Waals surface area contributed by atoms with Gasteiger partial charge in [0.1, 0.15) is 0 Å². The quantitative estimate of drug-likeness (QED) is 0.213. The van der Waals surface area contributed by atoms with Crippen molar-refractivity contribution in [1.82, 2.24) is 0 Å².